The molecule has 1 unspecified atom stereocenters. The highest BCUT2D eigenvalue weighted by Crippen LogP contribution is 2.23. The van der Waals surface area contributed by atoms with Crippen molar-refractivity contribution in [3.05, 3.63) is 23.5 Å². The predicted octanol–water partition coefficient (Wildman–Crippen LogP) is 0.577. The van der Waals surface area contributed by atoms with Crippen LogP contribution in [0, 0.1) is 0 Å². The summed E-state index contributed by atoms with van der Waals surface area (Å²) >= 11 is 1.19. The van der Waals surface area contributed by atoms with E-state index in [4.69, 9.17) is 4.74 Å². The van der Waals surface area contributed by atoms with Gasteiger partial charge in [0.2, 0.25) is 5.78 Å². The summed E-state index contributed by atoms with van der Waals surface area (Å²) in [4.78, 5) is 19.7. The topological polar surface area (TPSA) is 81.2 Å². The molecule has 0 aromatic carbocycles. The van der Waals surface area contributed by atoms with E-state index in [1.807, 2.05) is 0 Å². The van der Waals surface area contributed by atoms with Crippen LogP contribution in [0.5, 0.6) is 0 Å². The van der Waals surface area contributed by atoms with Crippen molar-refractivity contribution in [3.8, 4) is 10.8 Å². The lowest BCUT2D eigenvalue weighted by Gasteiger charge is -1.89. The number of nitrogens with zero attached hydrogens (tertiary/aromatic N) is 4. The van der Waals surface area contributed by atoms with E-state index in [9.17, 15) is 4.79 Å². The number of carbonyl (C=O) groups is 1. The highest BCUT2D eigenvalue weighted by atomic mass is 32.1. The van der Waals surface area contributed by atoms with Gasteiger partial charge in [-0.25, -0.2) is 9.97 Å². The maximum Gasteiger partial charge on any atom is 0.224 e. The number of ether oxygens (including phenoxy) is 1. The molecule has 0 saturated carbocycles. The predicted molar refractivity (Wildman–Crippen MR) is 55.0 cm³/mol. The standard InChI is InChI=1S/C9H6N4O2S/c14-6(5-4-15-5)8-12-13-9(16-8)7-10-2-1-3-11-7/h1-3,5H,4H2. The Morgan fingerprint density at radius 3 is 2.81 bits per heavy atom. The Labute approximate surface area is 94.3 Å². The van der Waals surface area contributed by atoms with Crippen LogP contribution in [0.2, 0.25) is 0 Å². The molecule has 2 aromatic rings. The smallest absolute Gasteiger partial charge is 0.224 e. The first-order valence-electron chi connectivity index (χ1n) is 4.61. The molecule has 16 heavy (non-hydrogen) atoms. The van der Waals surface area contributed by atoms with Crippen LogP contribution in [-0.4, -0.2) is 38.7 Å². The summed E-state index contributed by atoms with van der Waals surface area (Å²) in [5.74, 6) is 0.371. The molecule has 1 saturated heterocycles. The molecule has 3 rings (SSSR count). The molecule has 1 aliphatic heterocycles. The lowest BCUT2D eigenvalue weighted by Crippen LogP contribution is -2.06. The van der Waals surface area contributed by atoms with Crippen molar-refractivity contribution in [2.24, 2.45) is 0 Å². The summed E-state index contributed by atoms with van der Waals surface area (Å²) in [6.07, 6.45) is 2.92. The fraction of sp³-hybridized carbons (Fsp3) is 0.222. The number of hydrogen-bond acceptors (Lipinski definition) is 7. The number of aromatic nitrogens is 4. The van der Waals surface area contributed by atoms with E-state index in [-0.39, 0.29) is 11.9 Å². The Kier molecular flexibility index (Phi) is 2.19. The lowest BCUT2D eigenvalue weighted by atomic mass is 10.3. The molecule has 0 amide bonds. The second kappa shape index (κ2) is 3.69. The van der Waals surface area contributed by atoms with E-state index in [1.54, 1.807) is 18.5 Å². The Morgan fingerprint density at radius 1 is 1.38 bits per heavy atom. The molecule has 2 aromatic heterocycles. The van der Waals surface area contributed by atoms with Gasteiger partial charge in [0.1, 0.15) is 6.10 Å². The SMILES string of the molecule is O=C(c1nnc(-c2ncccn2)s1)C1CO1. The van der Waals surface area contributed by atoms with Gasteiger partial charge in [0, 0.05) is 12.4 Å². The summed E-state index contributed by atoms with van der Waals surface area (Å²) in [6.45, 7) is 0.482. The van der Waals surface area contributed by atoms with Crippen molar-refractivity contribution in [1.29, 1.82) is 0 Å². The number of ketones is 1. The molecule has 0 bridgehead atoms. The highest BCUT2D eigenvalue weighted by Gasteiger charge is 2.34. The van der Waals surface area contributed by atoms with Gasteiger partial charge in [0.25, 0.3) is 0 Å². The van der Waals surface area contributed by atoms with Crippen LogP contribution in [0.15, 0.2) is 18.5 Å². The fourth-order valence-corrected chi connectivity index (χ4v) is 1.94. The van der Waals surface area contributed by atoms with Crippen LogP contribution < -0.4 is 0 Å². The third-order valence-electron chi connectivity index (χ3n) is 2.02. The van der Waals surface area contributed by atoms with Crippen molar-refractivity contribution < 1.29 is 9.53 Å². The van der Waals surface area contributed by atoms with Gasteiger partial charge in [-0.05, 0) is 6.07 Å². The van der Waals surface area contributed by atoms with Gasteiger partial charge in [-0.3, -0.25) is 4.79 Å². The van der Waals surface area contributed by atoms with Crippen molar-refractivity contribution in [3.63, 3.8) is 0 Å². The van der Waals surface area contributed by atoms with Gasteiger partial charge in [0.05, 0.1) is 6.61 Å². The van der Waals surface area contributed by atoms with Gasteiger partial charge < -0.3 is 4.74 Å². The zero-order valence-electron chi connectivity index (χ0n) is 8.03. The average Bonchev–Trinajstić information content (AvgIpc) is 3.07. The molecule has 0 N–H and O–H groups in total. The van der Waals surface area contributed by atoms with Crippen molar-refractivity contribution >= 4 is 17.1 Å². The summed E-state index contributed by atoms with van der Waals surface area (Å²) < 4.78 is 4.90. The second-order valence-corrected chi connectivity index (χ2v) is 4.15. The van der Waals surface area contributed by atoms with Crippen LogP contribution in [0.1, 0.15) is 9.80 Å². The summed E-state index contributed by atoms with van der Waals surface area (Å²) in [7, 11) is 0. The van der Waals surface area contributed by atoms with E-state index in [1.165, 1.54) is 11.3 Å². The Balaban J connectivity index is 1.90. The number of hydrogen-bond donors (Lipinski definition) is 0. The maximum absolute atomic E-state index is 11.6. The minimum absolute atomic E-state index is 0.111. The number of Topliss-reactive ketones (excluding diaryl/α,β-unsaturated/α-hetero) is 1. The van der Waals surface area contributed by atoms with Crippen LogP contribution in [0.4, 0.5) is 0 Å². The molecular weight excluding hydrogens is 228 g/mol. The van der Waals surface area contributed by atoms with Crippen LogP contribution in [-0.2, 0) is 4.74 Å². The van der Waals surface area contributed by atoms with Crippen LogP contribution in [0.25, 0.3) is 10.8 Å². The largest absolute Gasteiger partial charge is 0.364 e. The number of rotatable bonds is 3. The molecule has 0 spiro atoms. The van der Waals surface area contributed by atoms with Gasteiger partial charge >= 0.3 is 0 Å². The molecular formula is C9H6N4O2S. The Morgan fingerprint density at radius 2 is 2.12 bits per heavy atom. The molecule has 3 heterocycles. The van der Waals surface area contributed by atoms with E-state index >= 15 is 0 Å². The zero-order valence-corrected chi connectivity index (χ0v) is 8.85. The number of carbonyl (C=O) groups excluding carboxylic acids is 1. The third kappa shape index (κ3) is 1.70. The highest BCUT2D eigenvalue weighted by molar-refractivity contribution is 7.16. The van der Waals surface area contributed by atoms with E-state index in [0.717, 1.165) is 0 Å². The van der Waals surface area contributed by atoms with E-state index in [2.05, 4.69) is 20.2 Å². The summed E-state index contributed by atoms with van der Waals surface area (Å²) in [5.41, 5.74) is 0. The average molecular weight is 234 g/mol. The van der Waals surface area contributed by atoms with Gasteiger partial charge in [-0.2, -0.15) is 0 Å². The quantitative estimate of drug-likeness (QED) is 0.570. The minimum Gasteiger partial charge on any atom is -0.364 e. The van der Waals surface area contributed by atoms with E-state index in [0.29, 0.717) is 22.4 Å². The first-order valence-corrected chi connectivity index (χ1v) is 5.43. The maximum atomic E-state index is 11.6. The lowest BCUT2D eigenvalue weighted by molar-refractivity contribution is 0.0952. The third-order valence-corrected chi connectivity index (χ3v) is 2.95. The fourth-order valence-electron chi connectivity index (χ4n) is 1.16. The van der Waals surface area contributed by atoms with Gasteiger partial charge in [0.15, 0.2) is 15.8 Å². The molecule has 6 nitrogen and oxygen atoms in total. The molecule has 0 aliphatic carbocycles. The molecule has 1 aliphatic rings. The van der Waals surface area contributed by atoms with Gasteiger partial charge in [-0.15, -0.1) is 10.2 Å². The monoisotopic (exact) mass is 234 g/mol. The van der Waals surface area contributed by atoms with E-state index < -0.39 is 0 Å². The molecule has 1 atom stereocenters. The molecule has 7 heteroatoms. The first-order chi connectivity index (χ1) is 7.84. The van der Waals surface area contributed by atoms with Crippen molar-refractivity contribution in [1.82, 2.24) is 20.2 Å². The molecule has 1 fully saturated rings. The summed E-state index contributed by atoms with van der Waals surface area (Å²) in [6, 6.07) is 1.72. The van der Waals surface area contributed by atoms with Crippen LogP contribution >= 0.6 is 11.3 Å². The van der Waals surface area contributed by atoms with Crippen LogP contribution in [0.3, 0.4) is 0 Å². The van der Waals surface area contributed by atoms with Crippen molar-refractivity contribution in [2.45, 2.75) is 6.10 Å². The molecule has 80 valence electrons. The Hall–Kier alpha value is -1.73. The molecule has 0 radical (unpaired) electrons. The number of epoxide rings is 1. The second-order valence-electron chi connectivity index (χ2n) is 3.17. The first kappa shape index (κ1) is 9.49. The minimum atomic E-state index is -0.322. The zero-order chi connectivity index (χ0) is 11.0. The Bertz CT molecular complexity index is 523. The normalized spacial score (nSPS) is 18.4. The summed E-state index contributed by atoms with van der Waals surface area (Å²) in [5, 5.41) is 8.60. The van der Waals surface area contributed by atoms with Gasteiger partial charge in [-0.1, -0.05) is 11.3 Å². The van der Waals surface area contributed by atoms with Crippen molar-refractivity contribution in [2.75, 3.05) is 6.61 Å².